The van der Waals surface area contributed by atoms with E-state index in [4.69, 9.17) is 5.73 Å². The highest BCUT2D eigenvalue weighted by atomic mass is 79.9. The van der Waals surface area contributed by atoms with Crippen LogP contribution in [-0.4, -0.2) is 4.98 Å². The van der Waals surface area contributed by atoms with E-state index in [1.807, 2.05) is 12.1 Å². The van der Waals surface area contributed by atoms with Crippen LogP contribution in [0.15, 0.2) is 34.8 Å². The summed E-state index contributed by atoms with van der Waals surface area (Å²) in [5.74, 6) is 0.653. The highest BCUT2D eigenvalue weighted by Crippen LogP contribution is 2.39. The van der Waals surface area contributed by atoms with Crippen molar-refractivity contribution >= 4 is 26.8 Å². The van der Waals surface area contributed by atoms with Gasteiger partial charge in [-0.1, -0.05) is 22.0 Å². The monoisotopic (exact) mass is 276 g/mol. The first-order valence-electron chi connectivity index (χ1n) is 5.56. The lowest BCUT2D eigenvalue weighted by Crippen LogP contribution is -2.13. The summed E-state index contributed by atoms with van der Waals surface area (Å²) in [7, 11) is 0. The van der Waals surface area contributed by atoms with Gasteiger partial charge in [0.05, 0.1) is 11.2 Å². The average molecular weight is 277 g/mol. The molecule has 1 fully saturated rings. The van der Waals surface area contributed by atoms with Crippen molar-refractivity contribution in [2.24, 2.45) is 11.7 Å². The molecular formula is C13H13BrN2. The van der Waals surface area contributed by atoms with Crippen LogP contribution in [0.5, 0.6) is 0 Å². The smallest absolute Gasteiger partial charge is 0.0706 e. The lowest BCUT2D eigenvalue weighted by Gasteiger charge is -2.10. The normalized spacial score (nSPS) is 17.6. The van der Waals surface area contributed by atoms with Gasteiger partial charge in [-0.2, -0.15) is 0 Å². The molecule has 0 radical (unpaired) electrons. The Labute approximate surface area is 103 Å². The van der Waals surface area contributed by atoms with Crippen LogP contribution in [0, 0.1) is 5.92 Å². The van der Waals surface area contributed by atoms with E-state index in [2.05, 4.69) is 39.1 Å². The fraction of sp³-hybridized carbons (Fsp3) is 0.308. The minimum Gasteiger partial charge on any atom is -0.322 e. The van der Waals surface area contributed by atoms with E-state index in [0.29, 0.717) is 5.92 Å². The number of hydrogen-bond donors (Lipinski definition) is 1. The number of nitrogens with zero attached hydrogens (tertiary/aromatic N) is 1. The molecule has 2 aromatic rings. The van der Waals surface area contributed by atoms with Gasteiger partial charge in [-0.25, -0.2) is 0 Å². The fourth-order valence-corrected chi connectivity index (χ4v) is 2.37. The molecule has 1 aliphatic rings. The number of fused-ring (bicyclic) bond motifs is 1. The topological polar surface area (TPSA) is 38.9 Å². The maximum absolute atomic E-state index is 6.15. The van der Waals surface area contributed by atoms with Crippen molar-refractivity contribution < 1.29 is 0 Å². The van der Waals surface area contributed by atoms with E-state index in [9.17, 15) is 0 Å². The van der Waals surface area contributed by atoms with Crippen molar-refractivity contribution in [2.75, 3.05) is 0 Å². The standard InChI is InChI=1S/C13H13BrN2/c14-10-4-6-11-9(7-10)3-5-12(16-11)13(15)8-1-2-8/h3-8,13H,1-2,15H2/t13-/m0/s1. The summed E-state index contributed by atoms with van der Waals surface area (Å²) >= 11 is 3.46. The van der Waals surface area contributed by atoms with E-state index >= 15 is 0 Å². The molecule has 3 heteroatoms. The number of hydrogen-bond acceptors (Lipinski definition) is 2. The van der Waals surface area contributed by atoms with Crippen molar-refractivity contribution in [3.63, 3.8) is 0 Å². The number of halogens is 1. The van der Waals surface area contributed by atoms with E-state index < -0.39 is 0 Å². The van der Waals surface area contributed by atoms with Gasteiger partial charge in [0.2, 0.25) is 0 Å². The SMILES string of the molecule is N[C@H](c1ccc2cc(Br)ccc2n1)C1CC1. The zero-order valence-corrected chi connectivity index (χ0v) is 10.4. The highest BCUT2D eigenvalue weighted by molar-refractivity contribution is 9.10. The third-order valence-electron chi connectivity index (χ3n) is 3.14. The molecule has 1 atom stereocenters. The molecule has 0 unspecified atom stereocenters. The van der Waals surface area contributed by atoms with Crippen LogP contribution in [0.4, 0.5) is 0 Å². The van der Waals surface area contributed by atoms with E-state index in [0.717, 1.165) is 21.1 Å². The van der Waals surface area contributed by atoms with Gasteiger partial charge in [0, 0.05) is 15.9 Å². The Kier molecular flexibility index (Phi) is 2.45. The van der Waals surface area contributed by atoms with Gasteiger partial charge >= 0.3 is 0 Å². The number of aromatic nitrogens is 1. The van der Waals surface area contributed by atoms with Crippen LogP contribution in [0.1, 0.15) is 24.6 Å². The first-order chi connectivity index (χ1) is 7.74. The second-order valence-electron chi connectivity index (χ2n) is 4.44. The van der Waals surface area contributed by atoms with Crippen LogP contribution >= 0.6 is 15.9 Å². The quantitative estimate of drug-likeness (QED) is 0.913. The van der Waals surface area contributed by atoms with E-state index in [1.54, 1.807) is 0 Å². The Morgan fingerprint density at radius 1 is 1.25 bits per heavy atom. The Bertz CT molecular complexity index is 534. The molecule has 1 heterocycles. The van der Waals surface area contributed by atoms with Gasteiger partial charge < -0.3 is 5.73 Å². The van der Waals surface area contributed by atoms with Crippen LogP contribution in [0.25, 0.3) is 10.9 Å². The molecule has 3 rings (SSSR count). The molecule has 0 amide bonds. The van der Waals surface area contributed by atoms with Gasteiger partial charge in [-0.3, -0.25) is 4.98 Å². The third kappa shape index (κ3) is 1.85. The van der Waals surface area contributed by atoms with Crippen molar-refractivity contribution in [1.82, 2.24) is 4.98 Å². The second kappa shape index (κ2) is 3.82. The Morgan fingerprint density at radius 2 is 2.06 bits per heavy atom. The number of pyridine rings is 1. The summed E-state index contributed by atoms with van der Waals surface area (Å²) in [5.41, 5.74) is 8.20. The first kappa shape index (κ1) is 10.2. The minimum atomic E-state index is 0.119. The molecule has 0 spiro atoms. The molecule has 2 nitrogen and oxygen atoms in total. The fourth-order valence-electron chi connectivity index (χ4n) is 1.99. The number of nitrogens with two attached hydrogens (primary N) is 1. The van der Waals surface area contributed by atoms with Gasteiger partial charge in [-0.05, 0) is 43.0 Å². The molecule has 2 N–H and O–H groups in total. The molecule has 1 aromatic heterocycles. The molecule has 1 aromatic carbocycles. The van der Waals surface area contributed by atoms with Crippen molar-refractivity contribution in [2.45, 2.75) is 18.9 Å². The minimum absolute atomic E-state index is 0.119. The summed E-state index contributed by atoms with van der Waals surface area (Å²) in [6.45, 7) is 0. The first-order valence-corrected chi connectivity index (χ1v) is 6.35. The van der Waals surface area contributed by atoms with Gasteiger partial charge in [0.15, 0.2) is 0 Å². The maximum atomic E-state index is 6.15. The Hall–Kier alpha value is -0.930. The third-order valence-corrected chi connectivity index (χ3v) is 3.64. The Morgan fingerprint density at radius 3 is 2.81 bits per heavy atom. The molecule has 0 aliphatic heterocycles. The van der Waals surface area contributed by atoms with E-state index in [1.165, 1.54) is 12.8 Å². The molecule has 1 aliphatic carbocycles. The number of rotatable bonds is 2. The average Bonchev–Trinajstić information content (AvgIpc) is 3.11. The zero-order valence-electron chi connectivity index (χ0n) is 8.86. The molecule has 82 valence electrons. The predicted octanol–water partition coefficient (Wildman–Crippen LogP) is 3.41. The molecular weight excluding hydrogens is 264 g/mol. The van der Waals surface area contributed by atoms with Crippen molar-refractivity contribution in [3.8, 4) is 0 Å². The lowest BCUT2D eigenvalue weighted by molar-refractivity contribution is 0.617. The van der Waals surface area contributed by atoms with Crippen LogP contribution < -0.4 is 5.73 Å². The van der Waals surface area contributed by atoms with Crippen LogP contribution in [0.2, 0.25) is 0 Å². The van der Waals surface area contributed by atoms with Crippen LogP contribution in [-0.2, 0) is 0 Å². The maximum Gasteiger partial charge on any atom is 0.0706 e. The summed E-state index contributed by atoms with van der Waals surface area (Å²) < 4.78 is 1.08. The van der Waals surface area contributed by atoms with E-state index in [-0.39, 0.29) is 6.04 Å². The summed E-state index contributed by atoms with van der Waals surface area (Å²) in [4.78, 5) is 4.63. The molecule has 0 saturated heterocycles. The summed E-state index contributed by atoms with van der Waals surface area (Å²) in [6, 6.07) is 10.4. The molecule has 16 heavy (non-hydrogen) atoms. The molecule has 0 bridgehead atoms. The van der Waals surface area contributed by atoms with Gasteiger partial charge in [0.25, 0.3) is 0 Å². The zero-order chi connectivity index (χ0) is 11.1. The highest BCUT2D eigenvalue weighted by Gasteiger charge is 2.30. The lowest BCUT2D eigenvalue weighted by atomic mass is 10.1. The summed E-state index contributed by atoms with van der Waals surface area (Å²) in [5, 5.41) is 1.15. The number of benzene rings is 1. The van der Waals surface area contributed by atoms with Crippen molar-refractivity contribution in [3.05, 3.63) is 40.5 Å². The predicted molar refractivity (Wildman–Crippen MR) is 69.1 cm³/mol. The largest absolute Gasteiger partial charge is 0.322 e. The second-order valence-corrected chi connectivity index (χ2v) is 5.35. The van der Waals surface area contributed by atoms with Crippen molar-refractivity contribution in [1.29, 1.82) is 0 Å². The Balaban J connectivity index is 2.05. The summed E-state index contributed by atoms with van der Waals surface area (Å²) in [6.07, 6.45) is 2.50. The molecule has 1 saturated carbocycles. The van der Waals surface area contributed by atoms with Crippen LogP contribution in [0.3, 0.4) is 0 Å². The van der Waals surface area contributed by atoms with Gasteiger partial charge in [-0.15, -0.1) is 0 Å². The van der Waals surface area contributed by atoms with Gasteiger partial charge in [0.1, 0.15) is 0 Å².